The number of fused-ring (bicyclic) bond motifs is 6. The van der Waals surface area contributed by atoms with Crippen molar-refractivity contribution in [3.05, 3.63) is 23.6 Å². The van der Waals surface area contributed by atoms with Crippen LogP contribution in [0.1, 0.15) is 86.3 Å². The van der Waals surface area contributed by atoms with Crippen molar-refractivity contribution < 1.29 is 45.6 Å². The van der Waals surface area contributed by atoms with Gasteiger partial charge in [0.25, 0.3) is 0 Å². The van der Waals surface area contributed by atoms with E-state index in [-0.39, 0.29) is 61.9 Å². The number of aliphatic hydroxyl groups excluding tert-OH is 2. The highest BCUT2D eigenvalue weighted by Gasteiger charge is 2.67. The molecule has 57 heavy (non-hydrogen) atoms. The van der Waals surface area contributed by atoms with Gasteiger partial charge in [0, 0.05) is 13.1 Å². The highest BCUT2D eigenvalue weighted by atomic mass is 32.3. The molecule has 2 aliphatic carbocycles. The molecule has 26 nitrogen and oxygen atoms in total. The highest BCUT2D eigenvalue weighted by molar-refractivity contribution is 7.81. The van der Waals surface area contributed by atoms with Crippen LogP contribution in [0, 0.1) is 10.8 Å². The third-order valence-corrected chi connectivity index (χ3v) is 13.3. The smallest absolute Gasteiger partial charge is 0.420 e. The molecular formula is C30H42N16O10S. The molecule has 6 fully saturated rings. The van der Waals surface area contributed by atoms with Crippen LogP contribution in [0.25, 0.3) is 0 Å². The van der Waals surface area contributed by atoms with Crippen molar-refractivity contribution in [2.75, 3.05) is 40.5 Å². The predicted octanol–water partition coefficient (Wildman–Crippen LogP) is -2.74. The zero-order valence-corrected chi connectivity index (χ0v) is 31.6. The quantitative estimate of drug-likeness (QED) is 0.126. The number of hydrogen-bond acceptors (Lipinski definition) is 22. The van der Waals surface area contributed by atoms with Crippen LogP contribution in [0.15, 0.2) is 18.8 Å². The summed E-state index contributed by atoms with van der Waals surface area (Å²) in [5.41, 5.74) is 11.0. The number of carbonyl (C=O) groups is 2. The monoisotopic (exact) mass is 818 g/mol. The second kappa shape index (κ2) is 12.5. The Kier molecular flexibility index (Phi) is 8.01. The lowest BCUT2D eigenvalue weighted by molar-refractivity contribution is -0.101. The first-order valence-electron chi connectivity index (χ1n) is 18.6. The molecule has 8 N–H and O–H groups in total. The van der Waals surface area contributed by atoms with Gasteiger partial charge in [-0.05, 0) is 63.5 Å². The molecule has 2 aromatic rings. The van der Waals surface area contributed by atoms with E-state index >= 15 is 0 Å². The van der Waals surface area contributed by atoms with Crippen molar-refractivity contribution in [2.45, 2.75) is 87.2 Å². The number of aliphatic hydroxyl groups is 2. The number of nitrogens with one attached hydrogen (secondary N) is 2. The third-order valence-electron chi connectivity index (χ3n) is 12.6. The summed E-state index contributed by atoms with van der Waals surface area (Å²) in [7, 11) is -1.64. The van der Waals surface area contributed by atoms with Gasteiger partial charge < -0.3 is 60.7 Å². The molecule has 0 aromatic carbocycles. The Hall–Kier alpha value is -4.93. The van der Waals surface area contributed by atoms with E-state index in [0.717, 1.165) is 10.1 Å². The molecule has 2 saturated carbocycles. The minimum atomic E-state index is -5.03. The van der Waals surface area contributed by atoms with Crippen molar-refractivity contribution in [3.63, 3.8) is 0 Å². The maximum absolute atomic E-state index is 13.9. The number of amides is 4. The van der Waals surface area contributed by atoms with Crippen LogP contribution in [0.3, 0.4) is 0 Å². The van der Waals surface area contributed by atoms with Crippen LogP contribution in [0.2, 0.25) is 0 Å². The van der Waals surface area contributed by atoms with E-state index in [0.29, 0.717) is 38.5 Å². The van der Waals surface area contributed by atoms with Crippen molar-refractivity contribution in [1.82, 2.24) is 60.8 Å². The topological polar surface area (TPSA) is 325 Å². The highest BCUT2D eigenvalue weighted by Crippen LogP contribution is 2.63. The molecule has 10 rings (SSSR count). The lowest BCUT2D eigenvalue weighted by Crippen LogP contribution is -2.45. The Bertz CT molecular complexity index is 2020. The summed E-state index contributed by atoms with van der Waals surface area (Å²) in [6.45, 7) is 0.691. The minimum absolute atomic E-state index is 0.0108. The summed E-state index contributed by atoms with van der Waals surface area (Å²) < 4.78 is 50.2. The first-order valence-corrected chi connectivity index (χ1v) is 20.0. The van der Waals surface area contributed by atoms with E-state index in [4.69, 9.17) is 28.9 Å². The van der Waals surface area contributed by atoms with Crippen molar-refractivity contribution in [1.29, 1.82) is 0 Å². The van der Waals surface area contributed by atoms with E-state index in [1.807, 2.05) is 0 Å². The number of carbonyl (C=O) groups excluding carboxylic acids is 2. The van der Waals surface area contributed by atoms with E-state index in [1.165, 1.54) is 19.6 Å². The van der Waals surface area contributed by atoms with Crippen molar-refractivity contribution in [2.24, 2.45) is 32.3 Å². The lowest BCUT2D eigenvalue weighted by Gasteiger charge is -2.35. The van der Waals surface area contributed by atoms with E-state index < -0.39 is 82.0 Å². The first kappa shape index (κ1) is 36.4. The summed E-state index contributed by atoms with van der Waals surface area (Å²) in [6.07, 6.45) is 1.23. The normalized spacial score (nSPS) is 33.4. The molecule has 8 heterocycles. The molecule has 308 valence electrons. The van der Waals surface area contributed by atoms with E-state index in [1.54, 1.807) is 14.1 Å². The van der Waals surface area contributed by atoms with Gasteiger partial charge in [-0.15, -0.1) is 29.0 Å². The fourth-order valence-electron chi connectivity index (χ4n) is 9.32. The van der Waals surface area contributed by atoms with Gasteiger partial charge in [0.05, 0.1) is 25.4 Å². The zero-order valence-electron chi connectivity index (χ0n) is 30.8. The number of nitrogens with zero attached hydrogens (tertiary/aromatic N) is 12. The first-order chi connectivity index (χ1) is 27.3. The van der Waals surface area contributed by atoms with Gasteiger partial charge >= 0.3 is 22.5 Å². The van der Waals surface area contributed by atoms with Crippen LogP contribution in [0.5, 0.6) is 0 Å². The Morgan fingerprint density at radius 3 is 1.47 bits per heavy atom. The summed E-state index contributed by atoms with van der Waals surface area (Å²) in [5.74, 6) is 0.410. The number of aromatic nitrogens is 4. The van der Waals surface area contributed by atoms with Gasteiger partial charge in [-0.2, -0.15) is 18.5 Å². The van der Waals surface area contributed by atoms with Gasteiger partial charge in [-0.25, -0.2) is 19.6 Å². The van der Waals surface area contributed by atoms with Crippen molar-refractivity contribution >= 4 is 34.4 Å². The molecule has 0 radical (unpaired) electrons. The van der Waals surface area contributed by atoms with E-state index in [9.17, 15) is 28.2 Å². The Morgan fingerprint density at radius 2 is 1.11 bits per heavy atom. The van der Waals surface area contributed by atoms with Gasteiger partial charge in [0.1, 0.15) is 12.1 Å². The molecule has 4 saturated heterocycles. The number of aliphatic imine (C=N–C) groups is 2. The number of urea groups is 2. The molecule has 2 spiro atoms. The average molecular weight is 819 g/mol. The van der Waals surface area contributed by atoms with Crippen molar-refractivity contribution in [3.8, 4) is 0 Å². The molecule has 4 bridgehead atoms. The maximum atomic E-state index is 13.9. The van der Waals surface area contributed by atoms with Crippen LogP contribution >= 0.6 is 0 Å². The maximum Gasteiger partial charge on any atom is 0.442 e. The van der Waals surface area contributed by atoms with Crippen LogP contribution in [0.4, 0.5) is 9.59 Å². The van der Waals surface area contributed by atoms with Crippen LogP contribution in [-0.4, -0.2) is 158 Å². The van der Waals surface area contributed by atoms with Crippen LogP contribution < -0.4 is 22.1 Å². The number of nitrogens with two attached hydrogens (primary N) is 2. The van der Waals surface area contributed by atoms with Gasteiger partial charge in [0.2, 0.25) is 23.6 Å². The summed E-state index contributed by atoms with van der Waals surface area (Å²) in [6, 6.07) is -6.08. The number of hydrogen-bond donors (Lipinski definition) is 6. The second-order valence-electron chi connectivity index (χ2n) is 15.9. The predicted molar refractivity (Wildman–Crippen MR) is 185 cm³/mol. The lowest BCUT2D eigenvalue weighted by atomic mass is 9.85. The molecule has 4 unspecified atom stereocenters. The molecule has 2 aromatic heterocycles. The van der Waals surface area contributed by atoms with Crippen LogP contribution in [-0.2, 0) is 19.0 Å². The number of hydroxylamine groups is 4. The van der Waals surface area contributed by atoms with Gasteiger partial charge in [0.15, 0.2) is 36.5 Å². The molecular weight excluding hydrogens is 776 g/mol. The molecule has 27 heteroatoms. The SMILES string of the molecule is CNCN1C(N)=NC(c2nnc([C@@H]3CC4(CC4)[C@@H]4CN3C(=O)N4OS(=O)(=O)ON3C(=O)N4C[C@H]3C3(CC3)C[C@H]4c3nnc(C4N=C(N)N(CNC)C4O)o3)o2)C1O. The summed E-state index contributed by atoms with van der Waals surface area (Å²) in [5, 5.41) is 45.6. The Balaban J connectivity index is 0.837. The molecule has 6 aliphatic heterocycles. The minimum Gasteiger partial charge on any atom is -0.420 e. The van der Waals surface area contributed by atoms with Gasteiger partial charge in [-0.3, -0.25) is 0 Å². The summed E-state index contributed by atoms with van der Waals surface area (Å²) >= 11 is 0. The average Bonchev–Trinajstić information content (AvgIpc) is 3.70. The fraction of sp³-hybridized carbons (Fsp3) is 0.733. The molecule has 4 amide bonds. The zero-order chi connectivity index (χ0) is 39.8. The molecule has 8 atom stereocenters. The third kappa shape index (κ3) is 5.53. The largest absolute Gasteiger partial charge is 0.442 e. The second-order valence-corrected chi connectivity index (χ2v) is 17.0. The fourth-order valence-corrected chi connectivity index (χ4v) is 10.1. The molecule has 8 aliphatic rings. The summed E-state index contributed by atoms with van der Waals surface area (Å²) in [4.78, 5) is 42.0. The standard InChI is InChI=1S/C30H42N16O10S/c1-33-11-43-23(47)17(35-25(43)31)21-39-37-19(53-21)13-7-29(3-4-29)15-9-41(13)27(49)45(15)55-57(51,52)56-46-16-10-42(28(46)50)14(8-30(16)5-6-30)20-38-40-22(54-20)18-24(48)44(12-34-2)26(32)36-18/h13-18,23-24,33-34,47-48H,3-12H2,1-2H3,(H2,31,35)(H2,32,36)/t13-,14-,15-,16-,17?,18?,23?,24?/m0/s1. The van der Waals surface area contributed by atoms with E-state index in [2.05, 4.69) is 41.0 Å². The number of piperidine rings is 2. The Morgan fingerprint density at radius 1 is 0.719 bits per heavy atom. The number of rotatable bonds is 12. The number of guanidine groups is 2. The Labute approximate surface area is 324 Å². The van der Waals surface area contributed by atoms with Gasteiger partial charge in [-0.1, -0.05) is 0 Å².